The molecule has 2 atom stereocenters. The van der Waals surface area contributed by atoms with Crippen molar-refractivity contribution >= 4 is 11.9 Å². The van der Waals surface area contributed by atoms with Crippen LogP contribution in [0.15, 0.2) is 30.3 Å². The van der Waals surface area contributed by atoms with Crippen LogP contribution in [-0.4, -0.2) is 24.5 Å². The Balaban J connectivity index is 1.60. The summed E-state index contributed by atoms with van der Waals surface area (Å²) in [5.74, 6) is 0.403. The number of hydrogen-bond donors (Lipinski definition) is 1. The van der Waals surface area contributed by atoms with Crippen molar-refractivity contribution in [1.29, 1.82) is 0 Å². The fourth-order valence-electron chi connectivity index (χ4n) is 2.86. The third-order valence-corrected chi connectivity index (χ3v) is 4.07. The Morgan fingerprint density at radius 3 is 2.73 bits per heavy atom. The number of nitrogens with one attached hydrogen (secondary N) is 1. The van der Waals surface area contributed by atoms with Crippen LogP contribution in [0.4, 0.5) is 0 Å². The Kier molecular flexibility index (Phi) is 6.44. The second-order valence-electron chi connectivity index (χ2n) is 6.11. The van der Waals surface area contributed by atoms with Crippen LogP contribution < -0.4 is 5.32 Å². The quantitative estimate of drug-likeness (QED) is 0.648. The van der Waals surface area contributed by atoms with Crippen molar-refractivity contribution < 1.29 is 14.3 Å². The minimum atomic E-state index is -0.145. The summed E-state index contributed by atoms with van der Waals surface area (Å²) in [4.78, 5) is 23.6. The number of esters is 1. The van der Waals surface area contributed by atoms with Gasteiger partial charge in [-0.3, -0.25) is 9.59 Å². The maximum atomic E-state index is 11.8. The first kappa shape index (κ1) is 16.5. The van der Waals surface area contributed by atoms with E-state index in [2.05, 4.69) is 12.2 Å². The van der Waals surface area contributed by atoms with E-state index in [1.54, 1.807) is 12.1 Å². The molecular formula is C18H25NO3. The number of ether oxygens (including phenoxy) is 1. The van der Waals surface area contributed by atoms with E-state index in [4.69, 9.17) is 4.74 Å². The standard InChI is InChI=1S/C18H25NO3/c1-14-7-5-10-16(13-14)22-17(20)11-6-12-19-18(21)15-8-3-2-4-9-15/h2-4,8-9,14,16H,5-7,10-13H2,1H3,(H,19,21). The molecule has 22 heavy (non-hydrogen) atoms. The molecule has 1 amide bonds. The molecule has 4 heteroatoms. The van der Waals surface area contributed by atoms with Gasteiger partial charge in [0.1, 0.15) is 6.10 Å². The van der Waals surface area contributed by atoms with E-state index in [0.29, 0.717) is 30.9 Å². The molecule has 120 valence electrons. The summed E-state index contributed by atoms with van der Waals surface area (Å²) in [5, 5.41) is 2.82. The number of hydrogen-bond acceptors (Lipinski definition) is 3. The number of benzene rings is 1. The van der Waals surface area contributed by atoms with Crippen molar-refractivity contribution in [2.24, 2.45) is 5.92 Å². The second-order valence-corrected chi connectivity index (χ2v) is 6.11. The zero-order valence-corrected chi connectivity index (χ0v) is 13.2. The van der Waals surface area contributed by atoms with Gasteiger partial charge in [0.15, 0.2) is 0 Å². The van der Waals surface area contributed by atoms with E-state index in [1.165, 1.54) is 6.42 Å². The summed E-state index contributed by atoms with van der Waals surface area (Å²) in [6.07, 6.45) is 5.41. The second kappa shape index (κ2) is 8.57. The van der Waals surface area contributed by atoms with Gasteiger partial charge >= 0.3 is 5.97 Å². The van der Waals surface area contributed by atoms with Crippen LogP contribution in [0, 0.1) is 5.92 Å². The van der Waals surface area contributed by atoms with Gasteiger partial charge in [0.05, 0.1) is 0 Å². The number of rotatable bonds is 6. The molecule has 0 saturated heterocycles. The third kappa shape index (κ3) is 5.51. The summed E-state index contributed by atoms with van der Waals surface area (Å²) in [6, 6.07) is 9.08. The van der Waals surface area contributed by atoms with Gasteiger partial charge in [0.2, 0.25) is 0 Å². The van der Waals surface area contributed by atoms with Crippen molar-refractivity contribution in [2.75, 3.05) is 6.54 Å². The average molecular weight is 303 g/mol. The molecule has 1 fully saturated rings. The molecule has 0 aromatic heterocycles. The summed E-state index contributed by atoms with van der Waals surface area (Å²) in [6.45, 7) is 2.70. The van der Waals surface area contributed by atoms with E-state index in [0.717, 1.165) is 19.3 Å². The predicted octanol–water partition coefficient (Wildman–Crippen LogP) is 3.32. The maximum absolute atomic E-state index is 11.8. The molecule has 2 rings (SSSR count). The van der Waals surface area contributed by atoms with Gasteiger partial charge in [0.25, 0.3) is 5.91 Å². The van der Waals surface area contributed by atoms with Gasteiger partial charge in [-0.15, -0.1) is 0 Å². The zero-order valence-electron chi connectivity index (χ0n) is 13.2. The monoisotopic (exact) mass is 303 g/mol. The van der Waals surface area contributed by atoms with E-state index >= 15 is 0 Å². The normalized spacial score (nSPS) is 21.1. The lowest BCUT2D eigenvalue weighted by molar-refractivity contribution is -0.151. The van der Waals surface area contributed by atoms with Gasteiger partial charge in [-0.25, -0.2) is 0 Å². The highest BCUT2D eigenvalue weighted by Gasteiger charge is 2.21. The molecule has 0 aliphatic heterocycles. The molecular weight excluding hydrogens is 278 g/mol. The minimum Gasteiger partial charge on any atom is -0.462 e. The first-order valence-corrected chi connectivity index (χ1v) is 8.18. The van der Waals surface area contributed by atoms with Crippen molar-refractivity contribution in [3.8, 4) is 0 Å². The van der Waals surface area contributed by atoms with Gasteiger partial charge in [-0.2, -0.15) is 0 Å². The molecule has 1 N–H and O–H groups in total. The van der Waals surface area contributed by atoms with Crippen LogP contribution in [0.1, 0.15) is 55.8 Å². The first-order chi connectivity index (χ1) is 10.6. The SMILES string of the molecule is CC1CCCC(OC(=O)CCCNC(=O)c2ccccc2)C1. The average Bonchev–Trinajstić information content (AvgIpc) is 2.52. The third-order valence-electron chi connectivity index (χ3n) is 4.07. The van der Waals surface area contributed by atoms with Crippen LogP contribution >= 0.6 is 0 Å². The summed E-state index contributed by atoms with van der Waals surface area (Å²) < 4.78 is 5.50. The van der Waals surface area contributed by atoms with Crippen molar-refractivity contribution in [1.82, 2.24) is 5.32 Å². The van der Waals surface area contributed by atoms with E-state index in [1.807, 2.05) is 18.2 Å². The van der Waals surface area contributed by atoms with E-state index in [9.17, 15) is 9.59 Å². The van der Waals surface area contributed by atoms with E-state index < -0.39 is 0 Å². The molecule has 0 radical (unpaired) electrons. The molecule has 1 aromatic rings. The molecule has 0 bridgehead atoms. The Morgan fingerprint density at radius 1 is 1.23 bits per heavy atom. The number of carbonyl (C=O) groups is 2. The lowest BCUT2D eigenvalue weighted by Gasteiger charge is -2.26. The van der Waals surface area contributed by atoms with Gasteiger partial charge in [0, 0.05) is 18.5 Å². The van der Waals surface area contributed by atoms with Crippen molar-refractivity contribution in [3.63, 3.8) is 0 Å². The maximum Gasteiger partial charge on any atom is 0.306 e. The summed E-state index contributed by atoms with van der Waals surface area (Å²) in [5.41, 5.74) is 0.640. The largest absolute Gasteiger partial charge is 0.462 e. The zero-order chi connectivity index (χ0) is 15.8. The molecule has 0 spiro atoms. The Bertz CT molecular complexity index is 486. The Hall–Kier alpha value is -1.84. The highest BCUT2D eigenvalue weighted by molar-refractivity contribution is 5.94. The Labute approximate surface area is 132 Å². The van der Waals surface area contributed by atoms with Crippen LogP contribution in [0.5, 0.6) is 0 Å². The summed E-state index contributed by atoms with van der Waals surface area (Å²) >= 11 is 0. The van der Waals surface area contributed by atoms with Gasteiger partial charge in [-0.1, -0.05) is 31.5 Å². The Morgan fingerprint density at radius 2 is 2.00 bits per heavy atom. The van der Waals surface area contributed by atoms with Gasteiger partial charge < -0.3 is 10.1 Å². The lowest BCUT2D eigenvalue weighted by atomic mass is 9.89. The molecule has 2 unspecified atom stereocenters. The molecule has 1 saturated carbocycles. The van der Waals surface area contributed by atoms with Crippen molar-refractivity contribution in [2.45, 2.75) is 51.6 Å². The highest BCUT2D eigenvalue weighted by atomic mass is 16.5. The molecule has 0 heterocycles. The number of amides is 1. The van der Waals surface area contributed by atoms with Crippen LogP contribution in [0.2, 0.25) is 0 Å². The highest BCUT2D eigenvalue weighted by Crippen LogP contribution is 2.25. The van der Waals surface area contributed by atoms with E-state index in [-0.39, 0.29) is 18.0 Å². The van der Waals surface area contributed by atoms with Crippen LogP contribution in [0.25, 0.3) is 0 Å². The smallest absolute Gasteiger partial charge is 0.306 e. The van der Waals surface area contributed by atoms with Gasteiger partial charge in [-0.05, 0) is 43.7 Å². The van der Waals surface area contributed by atoms with Crippen molar-refractivity contribution in [3.05, 3.63) is 35.9 Å². The molecule has 4 nitrogen and oxygen atoms in total. The fraction of sp³-hybridized carbons (Fsp3) is 0.556. The van der Waals surface area contributed by atoms with Crippen LogP contribution in [-0.2, 0) is 9.53 Å². The minimum absolute atomic E-state index is 0.0927. The molecule has 1 aliphatic carbocycles. The topological polar surface area (TPSA) is 55.4 Å². The molecule has 1 aromatic carbocycles. The molecule has 1 aliphatic rings. The predicted molar refractivity (Wildman–Crippen MR) is 85.5 cm³/mol. The summed E-state index contributed by atoms with van der Waals surface area (Å²) in [7, 11) is 0. The number of carbonyl (C=O) groups excluding carboxylic acids is 2. The fourth-order valence-corrected chi connectivity index (χ4v) is 2.86. The lowest BCUT2D eigenvalue weighted by Crippen LogP contribution is -2.26. The first-order valence-electron chi connectivity index (χ1n) is 8.18. The van der Waals surface area contributed by atoms with Crippen LogP contribution in [0.3, 0.4) is 0 Å².